The van der Waals surface area contributed by atoms with Crippen molar-refractivity contribution in [2.45, 2.75) is 37.9 Å². The van der Waals surface area contributed by atoms with Gasteiger partial charge in [0.25, 0.3) is 0 Å². The van der Waals surface area contributed by atoms with Crippen LogP contribution in [0.1, 0.15) is 48.5 Å². The Kier molecular flexibility index (Phi) is 4.66. The Balaban J connectivity index is 1.59. The van der Waals surface area contributed by atoms with Crippen molar-refractivity contribution >= 4 is 17.6 Å². The third-order valence-electron chi connectivity index (χ3n) is 4.59. The van der Waals surface area contributed by atoms with Crippen molar-refractivity contribution in [3.63, 3.8) is 0 Å². The normalized spacial score (nSPS) is 15.3. The first-order chi connectivity index (χ1) is 13.4. The zero-order chi connectivity index (χ0) is 19.7. The first kappa shape index (κ1) is 18.3. The van der Waals surface area contributed by atoms with E-state index in [9.17, 15) is 13.2 Å². The first-order valence-corrected chi connectivity index (χ1v) is 8.98. The Hall–Kier alpha value is -3.10. The van der Waals surface area contributed by atoms with Crippen molar-refractivity contribution < 1.29 is 13.2 Å². The second kappa shape index (κ2) is 7.14. The highest BCUT2D eigenvalue weighted by Crippen LogP contribution is 2.40. The predicted molar refractivity (Wildman–Crippen MR) is 99.4 cm³/mol. The molecule has 1 atom stereocenters. The summed E-state index contributed by atoms with van der Waals surface area (Å²) >= 11 is 0. The van der Waals surface area contributed by atoms with Crippen molar-refractivity contribution in [1.82, 2.24) is 20.2 Å². The summed E-state index contributed by atoms with van der Waals surface area (Å²) in [6.45, 7) is 1.89. The van der Waals surface area contributed by atoms with Gasteiger partial charge in [-0.15, -0.1) is 0 Å². The van der Waals surface area contributed by atoms with Gasteiger partial charge in [-0.3, -0.25) is 5.10 Å². The Bertz CT molecular complexity index is 950. The van der Waals surface area contributed by atoms with Crippen LogP contribution < -0.4 is 10.6 Å². The molecule has 0 aliphatic heterocycles. The van der Waals surface area contributed by atoms with E-state index in [1.54, 1.807) is 6.07 Å². The summed E-state index contributed by atoms with van der Waals surface area (Å²) in [4.78, 5) is 7.92. The highest BCUT2D eigenvalue weighted by Gasteiger charge is 2.36. The van der Waals surface area contributed by atoms with Crippen LogP contribution in [0.3, 0.4) is 0 Å². The molecule has 1 aromatic carbocycles. The van der Waals surface area contributed by atoms with Crippen molar-refractivity contribution in [2.24, 2.45) is 0 Å². The molecule has 0 amide bonds. The van der Waals surface area contributed by atoms with Crippen LogP contribution in [0.4, 0.5) is 30.8 Å². The molecule has 1 aliphatic carbocycles. The number of alkyl halides is 3. The third kappa shape index (κ3) is 4.08. The molecule has 3 aromatic rings. The summed E-state index contributed by atoms with van der Waals surface area (Å²) in [6.07, 6.45) is -1.69. The van der Waals surface area contributed by atoms with E-state index in [0.29, 0.717) is 11.7 Å². The van der Waals surface area contributed by atoms with Gasteiger partial charge in [0.1, 0.15) is 17.2 Å². The van der Waals surface area contributed by atoms with Crippen LogP contribution in [-0.4, -0.2) is 20.2 Å². The molecule has 28 heavy (non-hydrogen) atoms. The van der Waals surface area contributed by atoms with Gasteiger partial charge in [0.15, 0.2) is 0 Å². The molecule has 6 nitrogen and oxygen atoms in total. The molecule has 3 N–H and O–H groups in total. The molecule has 0 spiro atoms. The van der Waals surface area contributed by atoms with Crippen LogP contribution in [-0.2, 0) is 6.18 Å². The minimum Gasteiger partial charge on any atom is -0.348 e. The van der Waals surface area contributed by atoms with Gasteiger partial charge in [-0.2, -0.15) is 23.3 Å². The molecular weight excluding hydrogens is 369 g/mol. The molecule has 4 rings (SSSR count). The highest BCUT2D eigenvalue weighted by atomic mass is 19.4. The number of H-pyrrole nitrogens is 1. The van der Waals surface area contributed by atoms with Gasteiger partial charge >= 0.3 is 6.18 Å². The maximum absolute atomic E-state index is 13.4. The van der Waals surface area contributed by atoms with E-state index in [-0.39, 0.29) is 17.8 Å². The average molecular weight is 388 g/mol. The lowest BCUT2D eigenvalue weighted by Gasteiger charge is -2.17. The molecule has 2 aromatic heterocycles. The van der Waals surface area contributed by atoms with Crippen LogP contribution in [0.25, 0.3) is 0 Å². The SMILES string of the molecule is CC(Nc1ncc(C(F)(F)F)c(Nc2cc(C3CC3)n[nH]2)n1)c1ccccc1. The lowest BCUT2D eigenvalue weighted by atomic mass is 10.1. The fraction of sp³-hybridized carbons (Fsp3) is 0.316. The zero-order valence-corrected chi connectivity index (χ0v) is 15.1. The molecule has 146 valence electrons. The molecule has 1 saturated carbocycles. The predicted octanol–water partition coefficient (Wildman–Crippen LogP) is 5.01. The maximum atomic E-state index is 13.4. The van der Waals surface area contributed by atoms with Gasteiger partial charge in [0.05, 0.1) is 11.7 Å². The molecule has 0 saturated heterocycles. The lowest BCUT2D eigenvalue weighted by molar-refractivity contribution is -0.137. The summed E-state index contributed by atoms with van der Waals surface area (Å²) in [6, 6.07) is 11.1. The monoisotopic (exact) mass is 388 g/mol. The number of benzene rings is 1. The number of anilines is 3. The highest BCUT2D eigenvalue weighted by molar-refractivity contribution is 5.58. The minimum atomic E-state index is -4.58. The second-order valence-corrected chi connectivity index (χ2v) is 6.84. The van der Waals surface area contributed by atoms with Gasteiger partial charge in [-0.05, 0) is 25.3 Å². The fourth-order valence-electron chi connectivity index (χ4n) is 2.89. The topological polar surface area (TPSA) is 78.5 Å². The largest absolute Gasteiger partial charge is 0.421 e. The third-order valence-corrected chi connectivity index (χ3v) is 4.59. The molecule has 9 heteroatoms. The van der Waals surface area contributed by atoms with E-state index in [1.807, 2.05) is 37.3 Å². The standard InChI is InChI=1S/C19H19F3N6/c1-11(12-5-3-2-4-6-12)24-18-23-10-14(19(20,21)22)17(26-18)25-16-9-15(27-28-16)13-7-8-13/h2-6,9-11,13H,7-8H2,1H3,(H3,23,24,25,26,27,28). The Morgan fingerprint density at radius 2 is 1.93 bits per heavy atom. The summed E-state index contributed by atoms with van der Waals surface area (Å²) < 4.78 is 40.2. The quantitative estimate of drug-likeness (QED) is 0.553. The second-order valence-electron chi connectivity index (χ2n) is 6.84. The number of halogens is 3. The van der Waals surface area contributed by atoms with E-state index in [0.717, 1.165) is 30.3 Å². The molecule has 0 bridgehead atoms. The summed E-state index contributed by atoms with van der Waals surface area (Å²) in [5.74, 6) is 0.543. The van der Waals surface area contributed by atoms with Gasteiger partial charge < -0.3 is 10.6 Å². The van der Waals surface area contributed by atoms with Gasteiger partial charge in [-0.25, -0.2) is 4.98 Å². The van der Waals surface area contributed by atoms with Crippen molar-refractivity contribution in [1.29, 1.82) is 0 Å². The Morgan fingerprint density at radius 3 is 2.61 bits per heavy atom. The summed E-state index contributed by atoms with van der Waals surface area (Å²) in [5.41, 5.74) is 0.886. The smallest absolute Gasteiger partial charge is 0.348 e. The zero-order valence-electron chi connectivity index (χ0n) is 15.1. The number of nitrogens with one attached hydrogen (secondary N) is 3. The van der Waals surface area contributed by atoms with Crippen LogP contribution >= 0.6 is 0 Å². The van der Waals surface area contributed by atoms with Crippen molar-refractivity contribution in [2.75, 3.05) is 10.6 Å². The molecular formula is C19H19F3N6. The van der Waals surface area contributed by atoms with E-state index in [1.165, 1.54) is 0 Å². The number of aromatic amines is 1. The fourth-order valence-corrected chi connectivity index (χ4v) is 2.89. The van der Waals surface area contributed by atoms with Crippen LogP contribution in [0.15, 0.2) is 42.6 Å². The van der Waals surface area contributed by atoms with Gasteiger partial charge in [-0.1, -0.05) is 30.3 Å². The summed E-state index contributed by atoms with van der Waals surface area (Å²) in [5, 5.41) is 12.6. The molecule has 2 heterocycles. The number of nitrogens with zero attached hydrogens (tertiary/aromatic N) is 3. The van der Waals surface area contributed by atoms with E-state index in [2.05, 4.69) is 30.8 Å². The van der Waals surface area contributed by atoms with Crippen molar-refractivity contribution in [3.05, 3.63) is 59.4 Å². The number of hydrogen-bond acceptors (Lipinski definition) is 5. The number of aromatic nitrogens is 4. The van der Waals surface area contributed by atoms with Crippen LogP contribution in [0.2, 0.25) is 0 Å². The summed E-state index contributed by atoms with van der Waals surface area (Å²) in [7, 11) is 0. The van der Waals surface area contributed by atoms with Gasteiger partial charge in [0, 0.05) is 18.2 Å². The van der Waals surface area contributed by atoms with Crippen LogP contribution in [0.5, 0.6) is 0 Å². The first-order valence-electron chi connectivity index (χ1n) is 8.98. The van der Waals surface area contributed by atoms with Crippen LogP contribution in [0, 0.1) is 0 Å². The van der Waals surface area contributed by atoms with E-state index in [4.69, 9.17) is 0 Å². The van der Waals surface area contributed by atoms with E-state index >= 15 is 0 Å². The van der Waals surface area contributed by atoms with Crippen molar-refractivity contribution in [3.8, 4) is 0 Å². The molecule has 1 unspecified atom stereocenters. The van der Waals surface area contributed by atoms with Gasteiger partial charge in [0.2, 0.25) is 5.95 Å². The maximum Gasteiger partial charge on any atom is 0.421 e. The Labute approximate surface area is 159 Å². The lowest BCUT2D eigenvalue weighted by Crippen LogP contribution is -2.15. The number of hydrogen-bond donors (Lipinski definition) is 3. The molecule has 1 aliphatic rings. The number of rotatable bonds is 6. The average Bonchev–Trinajstić information content (AvgIpc) is 3.41. The Morgan fingerprint density at radius 1 is 1.18 bits per heavy atom. The van der Waals surface area contributed by atoms with E-state index < -0.39 is 11.7 Å². The molecule has 1 fully saturated rings. The molecule has 0 radical (unpaired) electrons. The minimum absolute atomic E-state index is 0.105.